The number of nitrogens with one attached hydrogen (secondary N) is 4. The monoisotopic (exact) mass is 456 g/mol. The van der Waals surface area contributed by atoms with Gasteiger partial charge in [0.25, 0.3) is 11.8 Å². The van der Waals surface area contributed by atoms with E-state index in [9.17, 15) is 9.59 Å². The summed E-state index contributed by atoms with van der Waals surface area (Å²) in [5, 5.41) is 11.6. The van der Waals surface area contributed by atoms with E-state index < -0.39 is 5.91 Å². The van der Waals surface area contributed by atoms with Gasteiger partial charge >= 0.3 is 0 Å². The smallest absolute Gasteiger partial charge is 0.293 e. The average molecular weight is 457 g/mol. The number of hydrogen-bond donors (Lipinski definition) is 4. The van der Waals surface area contributed by atoms with Gasteiger partial charge in [0.2, 0.25) is 0 Å². The molecule has 0 spiro atoms. The SMILES string of the molecule is O=C(NC(=S)Nc1ccccc1C(=O)Nc1ccc(Nc2ccccc2)cc1)c1ccco1. The molecule has 0 fully saturated rings. The summed E-state index contributed by atoms with van der Waals surface area (Å²) in [6.45, 7) is 0. The lowest BCUT2D eigenvalue weighted by Gasteiger charge is -2.13. The van der Waals surface area contributed by atoms with Crippen molar-refractivity contribution >= 4 is 51.9 Å². The molecule has 4 aromatic rings. The molecule has 0 aliphatic carbocycles. The second-order valence-corrected chi connectivity index (χ2v) is 7.36. The molecule has 8 heteroatoms. The molecule has 0 aliphatic rings. The Bertz CT molecular complexity index is 1260. The van der Waals surface area contributed by atoms with Crippen LogP contribution in [-0.4, -0.2) is 16.9 Å². The standard InChI is InChI=1S/C25H20N4O3S/c30-23(27-19-14-12-18(13-15-19)26-17-7-2-1-3-8-17)20-9-4-5-10-21(20)28-25(33)29-24(31)22-11-6-16-32-22/h1-16,26H,(H,27,30)(H2,28,29,31,33). The molecule has 2 amide bonds. The van der Waals surface area contributed by atoms with Crippen molar-refractivity contribution in [1.82, 2.24) is 5.32 Å². The molecule has 0 atom stereocenters. The summed E-state index contributed by atoms with van der Waals surface area (Å²) in [5.41, 5.74) is 3.35. The van der Waals surface area contributed by atoms with Crippen LogP contribution in [0.3, 0.4) is 0 Å². The molecule has 0 radical (unpaired) electrons. The van der Waals surface area contributed by atoms with Crippen LogP contribution in [0.4, 0.5) is 22.7 Å². The largest absolute Gasteiger partial charge is 0.459 e. The number of carbonyl (C=O) groups is 2. The minimum atomic E-state index is -0.483. The molecule has 3 aromatic carbocycles. The summed E-state index contributed by atoms with van der Waals surface area (Å²) in [7, 11) is 0. The third-order valence-electron chi connectivity index (χ3n) is 4.60. The summed E-state index contributed by atoms with van der Waals surface area (Å²) in [6, 6.07) is 27.2. The van der Waals surface area contributed by atoms with E-state index in [-0.39, 0.29) is 16.8 Å². The normalized spacial score (nSPS) is 10.2. The first kappa shape index (κ1) is 21.8. The molecule has 0 bridgehead atoms. The van der Waals surface area contributed by atoms with Gasteiger partial charge in [0.1, 0.15) is 0 Å². The van der Waals surface area contributed by atoms with Crippen molar-refractivity contribution in [2.24, 2.45) is 0 Å². The zero-order valence-corrected chi connectivity index (χ0v) is 18.2. The van der Waals surface area contributed by atoms with Crippen LogP contribution in [-0.2, 0) is 0 Å². The maximum atomic E-state index is 12.9. The highest BCUT2D eigenvalue weighted by molar-refractivity contribution is 7.80. The van der Waals surface area contributed by atoms with Gasteiger partial charge in [-0.25, -0.2) is 0 Å². The number of hydrogen-bond acceptors (Lipinski definition) is 5. The molecule has 4 rings (SSSR count). The van der Waals surface area contributed by atoms with Crippen molar-refractivity contribution in [1.29, 1.82) is 0 Å². The van der Waals surface area contributed by atoms with Crippen LogP contribution in [0.5, 0.6) is 0 Å². The minimum absolute atomic E-state index is 0.0491. The van der Waals surface area contributed by atoms with Gasteiger partial charge in [-0.3, -0.25) is 14.9 Å². The van der Waals surface area contributed by atoms with E-state index in [1.807, 2.05) is 54.6 Å². The van der Waals surface area contributed by atoms with E-state index >= 15 is 0 Å². The number of rotatable bonds is 6. The van der Waals surface area contributed by atoms with Gasteiger partial charge in [-0.1, -0.05) is 30.3 Å². The number of thiocarbonyl (C=S) groups is 1. The van der Waals surface area contributed by atoms with Crippen molar-refractivity contribution in [2.45, 2.75) is 0 Å². The fourth-order valence-electron chi connectivity index (χ4n) is 3.04. The maximum absolute atomic E-state index is 12.9. The second-order valence-electron chi connectivity index (χ2n) is 6.95. The summed E-state index contributed by atoms with van der Waals surface area (Å²) in [4.78, 5) is 25.0. The molecule has 7 nitrogen and oxygen atoms in total. The maximum Gasteiger partial charge on any atom is 0.293 e. The lowest BCUT2D eigenvalue weighted by molar-refractivity contribution is 0.0950. The minimum Gasteiger partial charge on any atom is -0.459 e. The van der Waals surface area contributed by atoms with E-state index in [4.69, 9.17) is 16.6 Å². The highest BCUT2D eigenvalue weighted by atomic mass is 32.1. The van der Waals surface area contributed by atoms with Crippen LogP contribution < -0.4 is 21.3 Å². The van der Waals surface area contributed by atoms with E-state index in [1.54, 1.807) is 30.3 Å². The third-order valence-corrected chi connectivity index (χ3v) is 4.80. The fraction of sp³-hybridized carbons (Fsp3) is 0. The Labute approximate surface area is 195 Å². The van der Waals surface area contributed by atoms with Gasteiger partial charge in [0.05, 0.1) is 17.5 Å². The number of benzene rings is 3. The Morgan fingerprint density at radius 1 is 0.667 bits per heavy atom. The summed E-state index contributed by atoms with van der Waals surface area (Å²) < 4.78 is 5.05. The topological polar surface area (TPSA) is 95.4 Å². The number of carbonyl (C=O) groups excluding carboxylic acids is 2. The second kappa shape index (κ2) is 10.3. The van der Waals surface area contributed by atoms with Gasteiger partial charge in [0.15, 0.2) is 10.9 Å². The van der Waals surface area contributed by atoms with Crippen LogP contribution in [0, 0.1) is 0 Å². The molecule has 164 valence electrons. The van der Waals surface area contributed by atoms with E-state index in [2.05, 4.69) is 21.3 Å². The Balaban J connectivity index is 1.39. The van der Waals surface area contributed by atoms with E-state index in [0.29, 0.717) is 16.9 Å². The molecule has 1 heterocycles. The number of amides is 2. The average Bonchev–Trinajstić information content (AvgIpc) is 3.37. The van der Waals surface area contributed by atoms with Gasteiger partial charge < -0.3 is 20.4 Å². The van der Waals surface area contributed by atoms with E-state index in [1.165, 1.54) is 12.3 Å². The van der Waals surface area contributed by atoms with Gasteiger partial charge in [-0.15, -0.1) is 0 Å². The molecule has 0 saturated carbocycles. The molecule has 1 aromatic heterocycles. The Kier molecular flexibility index (Phi) is 6.77. The summed E-state index contributed by atoms with van der Waals surface area (Å²) >= 11 is 5.21. The summed E-state index contributed by atoms with van der Waals surface area (Å²) in [6.07, 6.45) is 1.40. The van der Waals surface area contributed by atoms with Crippen LogP contribution in [0.15, 0.2) is 102 Å². The van der Waals surface area contributed by atoms with Crippen molar-refractivity contribution in [3.05, 3.63) is 109 Å². The number of anilines is 4. The molecular formula is C25H20N4O3S. The number of furan rings is 1. The third kappa shape index (κ3) is 5.84. The van der Waals surface area contributed by atoms with Crippen LogP contribution in [0.2, 0.25) is 0 Å². The Hall–Kier alpha value is -4.43. The lowest BCUT2D eigenvalue weighted by Crippen LogP contribution is -2.34. The first-order valence-electron chi connectivity index (χ1n) is 10.1. The molecule has 0 unspecified atom stereocenters. The quantitative estimate of drug-likeness (QED) is 0.290. The molecule has 4 N–H and O–H groups in total. The highest BCUT2D eigenvalue weighted by Gasteiger charge is 2.15. The zero-order chi connectivity index (χ0) is 23.0. The number of para-hydroxylation sites is 2. The molecule has 0 saturated heterocycles. The van der Waals surface area contributed by atoms with Crippen molar-refractivity contribution in [2.75, 3.05) is 16.0 Å². The predicted octanol–water partition coefficient (Wildman–Crippen LogP) is 5.40. The molecular weight excluding hydrogens is 436 g/mol. The first-order chi connectivity index (χ1) is 16.1. The van der Waals surface area contributed by atoms with Gasteiger partial charge in [0, 0.05) is 17.1 Å². The van der Waals surface area contributed by atoms with Crippen LogP contribution in [0.25, 0.3) is 0 Å². The van der Waals surface area contributed by atoms with Gasteiger partial charge in [-0.05, 0) is 72.9 Å². The zero-order valence-electron chi connectivity index (χ0n) is 17.4. The fourth-order valence-corrected chi connectivity index (χ4v) is 3.24. The van der Waals surface area contributed by atoms with Crippen molar-refractivity contribution < 1.29 is 14.0 Å². The van der Waals surface area contributed by atoms with Crippen molar-refractivity contribution in [3.8, 4) is 0 Å². The molecule has 0 aliphatic heterocycles. The highest BCUT2D eigenvalue weighted by Crippen LogP contribution is 2.21. The molecule has 33 heavy (non-hydrogen) atoms. The van der Waals surface area contributed by atoms with Gasteiger partial charge in [-0.2, -0.15) is 0 Å². The van der Waals surface area contributed by atoms with Crippen molar-refractivity contribution in [3.63, 3.8) is 0 Å². The predicted molar refractivity (Wildman–Crippen MR) is 133 cm³/mol. The van der Waals surface area contributed by atoms with E-state index in [0.717, 1.165) is 11.4 Å². The van der Waals surface area contributed by atoms with Crippen LogP contribution in [0.1, 0.15) is 20.9 Å². The Morgan fingerprint density at radius 2 is 1.33 bits per heavy atom. The van der Waals surface area contributed by atoms with Crippen LogP contribution >= 0.6 is 12.2 Å². The lowest BCUT2D eigenvalue weighted by atomic mass is 10.1. The first-order valence-corrected chi connectivity index (χ1v) is 10.5. The summed E-state index contributed by atoms with van der Waals surface area (Å²) in [5.74, 6) is -0.666. The Morgan fingerprint density at radius 3 is 2.06 bits per heavy atom.